The topological polar surface area (TPSA) is 76.2 Å². The van der Waals surface area contributed by atoms with E-state index >= 15 is 0 Å². The fourth-order valence-corrected chi connectivity index (χ4v) is 4.84. The minimum atomic E-state index is -0.722. The predicted molar refractivity (Wildman–Crippen MR) is 105 cm³/mol. The van der Waals surface area contributed by atoms with Crippen molar-refractivity contribution in [1.82, 2.24) is 10.0 Å². The van der Waals surface area contributed by atoms with Gasteiger partial charge in [-0.3, -0.25) is 4.79 Å². The molecule has 1 heterocycles. The average molecular weight is 400 g/mol. The maximum absolute atomic E-state index is 13.1. The Morgan fingerprint density at radius 3 is 1.86 bits per heavy atom. The molecule has 1 aromatic rings. The Morgan fingerprint density at radius 2 is 1.34 bits per heavy atom. The van der Waals surface area contributed by atoms with E-state index in [1.807, 2.05) is 24.3 Å². The minimum Gasteiger partial charge on any atom is -0.442 e. The summed E-state index contributed by atoms with van der Waals surface area (Å²) in [4.78, 5) is 39.2. The van der Waals surface area contributed by atoms with Crippen LogP contribution in [0.2, 0.25) is 0 Å². The number of ether oxygens (including phenoxy) is 2. The third kappa shape index (κ3) is 3.16. The Morgan fingerprint density at radius 1 is 0.862 bits per heavy atom. The van der Waals surface area contributed by atoms with Gasteiger partial charge in [-0.2, -0.15) is 0 Å². The molecule has 4 rings (SSSR count). The molecule has 7 heteroatoms. The average Bonchev–Trinajstić information content (AvgIpc) is 3.21. The molecule has 2 bridgehead atoms. The molecule has 29 heavy (non-hydrogen) atoms. The molecule has 0 spiro atoms. The number of nitrogens with zero attached hydrogens (tertiary/aromatic N) is 2. The third-order valence-electron chi connectivity index (χ3n) is 5.61. The molecule has 7 nitrogen and oxygen atoms in total. The third-order valence-corrected chi connectivity index (χ3v) is 5.61. The van der Waals surface area contributed by atoms with E-state index in [-0.39, 0.29) is 23.7 Å². The standard InChI is InChI=1S/C22H28N2O5/c1-21(2,3)28-19(26)23-14-11-15(24(23)20(27)29-22(4,5)6)17-16(14)12-9-7-8-10-13(12)18(17)25/h7-10,14-17H,11H2,1-6H3/t14-,15+,16+,17-/m0/s1. The van der Waals surface area contributed by atoms with E-state index in [0.29, 0.717) is 12.0 Å². The quantitative estimate of drug-likeness (QED) is 0.655. The molecular weight excluding hydrogens is 372 g/mol. The zero-order valence-electron chi connectivity index (χ0n) is 17.8. The van der Waals surface area contributed by atoms with E-state index in [9.17, 15) is 14.4 Å². The molecule has 2 amide bonds. The number of carbonyl (C=O) groups excluding carboxylic acids is 3. The molecule has 0 unspecified atom stereocenters. The van der Waals surface area contributed by atoms with Crippen LogP contribution in [0.5, 0.6) is 0 Å². The molecule has 3 aliphatic rings. The number of amides is 2. The van der Waals surface area contributed by atoms with Crippen LogP contribution in [0.1, 0.15) is 69.8 Å². The smallest absolute Gasteiger partial charge is 0.429 e. The van der Waals surface area contributed by atoms with Crippen molar-refractivity contribution in [2.45, 2.75) is 77.2 Å². The number of hydrogen-bond donors (Lipinski definition) is 0. The van der Waals surface area contributed by atoms with Gasteiger partial charge in [0.15, 0.2) is 5.78 Å². The predicted octanol–water partition coefficient (Wildman–Crippen LogP) is 4.13. The largest absolute Gasteiger partial charge is 0.442 e. The lowest BCUT2D eigenvalue weighted by atomic mass is 9.90. The zero-order valence-corrected chi connectivity index (χ0v) is 17.8. The Bertz CT molecular complexity index is 882. The Balaban J connectivity index is 1.73. The van der Waals surface area contributed by atoms with Crippen LogP contribution >= 0.6 is 0 Å². The number of hydrazine groups is 1. The lowest BCUT2D eigenvalue weighted by molar-refractivity contribution is -0.0857. The summed E-state index contributed by atoms with van der Waals surface area (Å²) in [6.45, 7) is 10.7. The monoisotopic (exact) mass is 400 g/mol. The van der Waals surface area contributed by atoms with Gasteiger partial charge in [-0.15, -0.1) is 0 Å². The minimum absolute atomic E-state index is 0.0375. The van der Waals surface area contributed by atoms with Gasteiger partial charge in [-0.1, -0.05) is 24.3 Å². The number of ketones is 1. The summed E-state index contributed by atoms with van der Waals surface area (Å²) in [5.74, 6) is -0.450. The van der Waals surface area contributed by atoms with Gasteiger partial charge in [-0.05, 0) is 53.5 Å². The van der Waals surface area contributed by atoms with E-state index < -0.39 is 29.4 Å². The molecule has 2 fully saturated rings. The molecule has 1 saturated carbocycles. The molecular formula is C22H28N2O5. The lowest BCUT2D eigenvalue weighted by Gasteiger charge is -2.43. The van der Waals surface area contributed by atoms with Crippen LogP contribution < -0.4 is 0 Å². The molecule has 156 valence electrons. The first-order valence-electron chi connectivity index (χ1n) is 10.1. The van der Waals surface area contributed by atoms with E-state index in [2.05, 4.69) is 0 Å². The van der Waals surface area contributed by atoms with E-state index in [0.717, 1.165) is 5.56 Å². The van der Waals surface area contributed by atoms with Crippen molar-refractivity contribution in [2.75, 3.05) is 0 Å². The summed E-state index contributed by atoms with van der Waals surface area (Å²) in [5, 5.41) is 2.72. The number of rotatable bonds is 0. The first-order chi connectivity index (χ1) is 13.4. The molecule has 1 aliphatic heterocycles. The summed E-state index contributed by atoms with van der Waals surface area (Å²) < 4.78 is 11.2. The van der Waals surface area contributed by atoms with Crippen molar-refractivity contribution in [3.8, 4) is 0 Å². The van der Waals surface area contributed by atoms with Crippen LogP contribution in [0.25, 0.3) is 0 Å². The van der Waals surface area contributed by atoms with Crippen molar-refractivity contribution in [2.24, 2.45) is 5.92 Å². The highest BCUT2D eigenvalue weighted by Gasteiger charge is 2.65. The fraction of sp³-hybridized carbons (Fsp3) is 0.591. The van der Waals surface area contributed by atoms with Crippen molar-refractivity contribution in [3.63, 3.8) is 0 Å². The van der Waals surface area contributed by atoms with Crippen LogP contribution in [0.15, 0.2) is 24.3 Å². The summed E-state index contributed by atoms with van der Waals surface area (Å²) >= 11 is 0. The first kappa shape index (κ1) is 19.7. The summed E-state index contributed by atoms with van der Waals surface area (Å²) in [6, 6.07) is 6.78. The number of Topliss-reactive ketones (excluding diaryl/α,β-unsaturated/α-hetero) is 1. The zero-order chi connectivity index (χ0) is 21.3. The molecule has 0 N–H and O–H groups in total. The van der Waals surface area contributed by atoms with Crippen LogP contribution in [-0.4, -0.2) is 51.3 Å². The summed E-state index contributed by atoms with van der Waals surface area (Å²) in [7, 11) is 0. The maximum Gasteiger partial charge on any atom is 0.429 e. The van der Waals surface area contributed by atoms with Gasteiger partial charge in [-0.25, -0.2) is 19.6 Å². The van der Waals surface area contributed by atoms with Crippen LogP contribution in [-0.2, 0) is 9.47 Å². The highest BCUT2D eigenvalue weighted by atomic mass is 16.6. The summed E-state index contributed by atoms with van der Waals surface area (Å²) in [5.41, 5.74) is 0.210. The van der Waals surface area contributed by atoms with Gasteiger partial charge in [0.1, 0.15) is 11.2 Å². The normalized spacial score (nSPS) is 27.7. The van der Waals surface area contributed by atoms with E-state index in [1.54, 1.807) is 41.5 Å². The van der Waals surface area contributed by atoms with Gasteiger partial charge in [0.25, 0.3) is 0 Å². The van der Waals surface area contributed by atoms with Gasteiger partial charge in [0.2, 0.25) is 0 Å². The Labute approximate surface area is 170 Å². The van der Waals surface area contributed by atoms with Crippen LogP contribution in [0.4, 0.5) is 9.59 Å². The molecule has 0 aromatic heterocycles. The van der Waals surface area contributed by atoms with Gasteiger partial charge >= 0.3 is 12.2 Å². The number of carbonyl (C=O) groups is 3. The second-order valence-electron chi connectivity index (χ2n) is 10.0. The van der Waals surface area contributed by atoms with Gasteiger partial charge < -0.3 is 9.47 Å². The molecule has 2 aliphatic carbocycles. The van der Waals surface area contributed by atoms with Crippen LogP contribution in [0, 0.1) is 5.92 Å². The lowest BCUT2D eigenvalue weighted by Crippen LogP contribution is -2.59. The molecule has 1 saturated heterocycles. The Hall–Kier alpha value is -2.57. The van der Waals surface area contributed by atoms with E-state index in [1.165, 1.54) is 10.0 Å². The number of benzene rings is 1. The van der Waals surface area contributed by atoms with Crippen molar-refractivity contribution < 1.29 is 23.9 Å². The fourth-order valence-electron chi connectivity index (χ4n) is 4.84. The Kier molecular flexibility index (Phi) is 4.23. The van der Waals surface area contributed by atoms with Gasteiger partial charge in [0.05, 0.1) is 18.0 Å². The van der Waals surface area contributed by atoms with Crippen molar-refractivity contribution in [1.29, 1.82) is 0 Å². The summed E-state index contributed by atoms with van der Waals surface area (Å²) in [6.07, 6.45) is -0.683. The van der Waals surface area contributed by atoms with Crippen molar-refractivity contribution >= 4 is 18.0 Å². The molecule has 1 aromatic carbocycles. The SMILES string of the molecule is CC(C)(C)OC(=O)N1[C@@H]2C[C@@H]([C@H]3c4ccccc4C(=O)[C@H]32)N1C(=O)OC(C)(C)C. The highest BCUT2D eigenvalue weighted by Crippen LogP contribution is 2.56. The van der Waals surface area contributed by atoms with Crippen molar-refractivity contribution in [3.05, 3.63) is 35.4 Å². The second kappa shape index (κ2) is 6.21. The number of hydrogen-bond acceptors (Lipinski definition) is 5. The van der Waals surface area contributed by atoms with Gasteiger partial charge in [0, 0.05) is 11.5 Å². The maximum atomic E-state index is 13.1. The van der Waals surface area contributed by atoms with E-state index in [4.69, 9.17) is 9.47 Å². The molecule has 4 atom stereocenters. The first-order valence-corrected chi connectivity index (χ1v) is 10.1. The second-order valence-corrected chi connectivity index (χ2v) is 10.0. The molecule has 0 radical (unpaired) electrons. The highest BCUT2D eigenvalue weighted by molar-refractivity contribution is 6.04. The number of fused-ring (bicyclic) bond motifs is 7. The van der Waals surface area contributed by atoms with Crippen LogP contribution in [0.3, 0.4) is 0 Å².